The lowest BCUT2D eigenvalue weighted by Gasteiger charge is -2.24. The Morgan fingerprint density at radius 3 is 2.63 bits per heavy atom. The van der Waals surface area contributed by atoms with Crippen LogP contribution in [0.5, 0.6) is 0 Å². The summed E-state index contributed by atoms with van der Waals surface area (Å²) < 4.78 is 60.6. The first-order valence-corrected chi connectivity index (χ1v) is 9.61. The van der Waals surface area contributed by atoms with Gasteiger partial charge in [0.2, 0.25) is 6.29 Å². The van der Waals surface area contributed by atoms with E-state index in [-0.39, 0.29) is 6.61 Å². The van der Waals surface area contributed by atoms with Crippen LogP contribution in [0.1, 0.15) is 49.8 Å². The molecule has 3 atom stereocenters. The molecule has 1 aromatic carbocycles. The SMILES string of the molecule is CCOC(=O)C(OCOC1OC(=O)C(C)=C1C)C1CCc2ccc(C(F)(F)F)cc21. The number of fused-ring (bicyclic) bond motifs is 1. The third kappa shape index (κ3) is 4.52. The topological polar surface area (TPSA) is 71.1 Å². The zero-order chi connectivity index (χ0) is 22.1. The average molecular weight is 428 g/mol. The minimum atomic E-state index is -4.49. The van der Waals surface area contributed by atoms with Crippen LogP contribution in [-0.2, 0) is 41.1 Å². The molecule has 1 heterocycles. The normalized spacial score (nSPS) is 22.1. The van der Waals surface area contributed by atoms with Gasteiger partial charge < -0.3 is 18.9 Å². The maximum atomic E-state index is 13.2. The largest absolute Gasteiger partial charge is 0.464 e. The number of aryl methyl sites for hydroxylation is 1. The number of hydrogen-bond acceptors (Lipinski definition) is 6. The molecule has 0 amide bonds. The second-order valence-corrected chi connectivity index (χ2v) is 7.23. The number of carbonyl (C=O) groups excluding carboxylic acids is 2. The van der Waals surface area contributed by atoms with Gasteiger partial charge in [0.25, 0.3) is 0 Å². The molecule has 6 nitrogen and oxygen atoms in total. The summed E-state index contributed by atoms with van der Waals surface area (Å²) in [5.41, 5.74) is 1.41. The molecule has 0 spiro atoms. The Bertz CT molecular complexity index is 861. The Morgan fingerprint density at radius 2 is 2.03 bits per heavy atom. The quantitative estimate of drug-likeness (QED) is 0.485. The molecule has 0 N–H and O–H groups in total. The molecule has 9 heteroatoms. The van der Waals surface area contributed by atoms with Crippen molar-refractivity contribution >= 4 is 11.9 Å². The first-order chi connectivity index (χ1) is 14.1. The monoisotopic (exact) mass is 428 g/mol. The number of benzene rings is 1. The fourth-order valence-electron chi connectivity index (χ4n) is 3.64. The van der Waals surface area contributed by atoms with Crippen molar-refractivity contribution in [1.29, 1.82) is 0 Å². The molecule has 1 aromatic rings. The Kier molecular flexibility index (Phi) is 6.52. The molecule has 30 heavy (non-hydrogen) atoms. The van der Waals surface area contributed by atoms with Gasteiger partial charge in [-0.15, -0.1) is 0 Å². The molecule has 1 aliphatic heterocycles. The van der Waals surface area contributed by atoms with Crippen molar-refractivity contribution in [3.05, 3.63) is 46.0 Å². The third-order valence-corrected chi connectivity index (χ3v) is 5.41. The van der Waals surface area contributed by atoms with Gasteiger partial charge in [-0.05, 0) is 56.9 Å². The van der Waals surface area contributed by atoms with Crippen molar-refractivity contribution in [1.82, 2.24) is 0 Å². The van der Waals surface area contributed by atoms with E-state index in [4.69, 9.17) is 18.9 Å². The molecule has 3 unspecified atom stereocenters. The van der Waals surface area contributed by atoms with Crippen LogP contribution < -0.4 is 0 Å². The van der Waals surface area contributed by atoms with E-state index in [2.05, 4.69) is 0 Å². The number of esters is 2. The van der Waals surface area contributed by atoms with E-state index >= 15 is 0 Å². The molecular weight excluding hydrogens is 405 g/mol. The fraction of sp³-hybridized carbons (Fsp3) is 0.524. The molecule has 0 saturated carbocycles. The van der Waals surface area contributed by atoms with Crippen LogP contribution in [0.3, 0.4) is 0 Å². The lowest BCUT2D eigenvalue weighted by Crippen LogP contribution is -2.34. The lowest BCUT2D eigenvalue weighted by atomic mass is 9.93. The van der Waals surface area contributed by atoms with Crippen molar-refractivity contribution in [2.45, 2.75) is 58.1 Å². The Labute approximate surface area is 171 Å². The Hall–Kier alpha value is -2.39. The number of cyclic esters (lactones) is 1. The van der Waals surface area contributed by atoms with Crippen LogP contribution in [0.25, 0.3) is 0 Å². The summed E-state index contributed by atoms with van der Waals surface area (Å²) in [7, 11) is 0. The number of alkyl halides is 3. The molecule has 0 aromatic heterocycles. The lowest BCUT2D eigenvalue weighted by molar-refractivity contribution is -0.199. The van der Waals surface area contributed by atoms with E-state index < -0.39 is 48.8 Å². The van der Waals surface area contributed by atoms with Crippen molar-refractivity contribution in [3.63, 3.8) is 0 Å². The molecule has 0 bridgehead atoms. The summed E-state index contributed by atoms with van der Waals surface area (Å²) >= 11 is 0. The second-order valence-electron chi connectivity index (χ2n) is 7.23. The van der Waals surface area contributed by atoms with Crippen LogP contribution in [0.4, 0.5) is 13.2 Å². The summed E-state index contributed by atoms with van der Waals surface area (Å²) in [4.78, 5) is 24.1. The summed E-state index contributed by atoms with van der Waals surface area (Å²) in [6.45, 7) is 4.63. The fourth-order valence-corrected chi connectivity index (χ4v) is 3.64. The van der Waals surface area contributed by atoms with Crippen LogP contribution in [0, 0.1) is 0 Å². The van der Waals surface area contributed by atoms with Gasteiger partial charge >= 0.3 is 18.1 Å². The van der Waals surface area contributed by atoms with Crippen molar-refractivity contribution in [2.24, 2.45) is 0 Å². The molecular formula is C21H23F3O6. The van der Waals surface area contributed by atoms with E-state index in [0.717, 1.165) is 17.7 Å². The van der Waals surface area contributed by atoms with E-state index in [1.807, 2.05) is 0 Å². The minimum absolute atomic E-state index is 0.100. The highest BCUT2D eigenvalue weighted by atomic mass is 19.4. The molecule has 0 fully saturated rings. The first kappa shape index (κ1) is 22.3. The summed E-state index contributed by atoms with van der Waals surface area (Å²) in [5, 5.41) is 0. The van der Waals surface area contributed by atoms with Gasteiger partial charge in [-0.2, -0.15) is 13.2 Å². The van der Waals surface area contributed by atoms with E-state index in [0.29, 0.717) is 29.6 Å². The highest BCUT2D eigenvalue weighted by Gasteiger charge is 2.39. The van der Waals surface area contributed by atoms with Gasteiger partial charge in [0.05, 0.1) is 12.2 Å². The number of ether oxygens (including phenoxy) is 4. The van der Waals surface area contributed by atoms with Gasteiger partial charge in [0, 0.05) is 17.1 Å². The van der Waals surface area contributed by atoms with E-state index in [9.17, 15) is 22.8 Å². The predicted molar refractivity (Wildman–Crippen MR) is 98.2 cm³/mol. The van der Waals surface area contributed by atoms with Gasteiger partial charge in [0.15, 0.2) is 12.9 Å². The van der Waals surface area contributed by atoms with Crippen molar-refractivity contribution in [3.8, 4) is 0 Å². The molecule has 0 radical (unpaired) electrons. The van der Waals surface area contributed by atoms with Crippen LogP contribution in [0.15, 0.2) is 29.3 Å². The molecule has 164 valence electrons. The number of carbonyl (C=O) groups is 2. The van der Waals surface area contributed by atoms with Gasteiger partial charge in [-0.3, -0.25) is 0 Å². The summed E-state index contributed by atoms with van der Waals surface area (Å²) in [6.07, 6.45) is -5.58. The van der Waals surface area contributed by atoms with Gasteiger partial charge in [0.1, 0.15) is 0 Å². The van der Waals surface area contributed by atoms with Crippen LogP contribution in [-0.4, -0.2) is 37.7 Å². The maximum Gasteiger partial charge on any atom is 0.416 e. The third-order valence-electron chi connectivity index (χ3n) is 5.41. The summed E-state index contributed by atoms with van der Waals surface area (Å²) in [6, 6.07) is 3.54. The van der Waals surface area contributed by atoms with Gasteiger partial charge in [-0.1, -0.05) is 6.07 Å². The Balaban J connectivity index is 1.76. The average Bonchev–Trinajstić information content (AvgIpc) is 3.21. The zero-order valence-electron chi connectivity index (χ0n) is 16.9. The minimum Gasteiger partial charge on any atom is -0.464 e. The van der Waals surface area contributed by atoms with Gasteiger partial charge in [-0.25, -0.2) is 9.59 Å². The zero-order valence-corrected chi connectivity index (χ0v) is 16.9. The summed E-state index contributed by atoms with van der Waals surface area (Å²) in [5.74, 6) is -1.78. The predicted octanol–water partition coefficient (Wildman–Crippen LogP) is 3.88. The number of halogens is 3. The van der Waals surface area contributed by atoms with E-state index in [1.165, 1.54) is 6.07 Å². The van der Waals surface area contributed by atoms with Crippen LogP contribution in [0.2, 0.25) is 0 Å². The molecule has 3 rings (SSSR count). The first-order valence-electron chi connectivity index (χ1n) is 9.61. The maximum absolute atomic E-state index is 13.2. The van der Waals surface area contributed by atoms with Crippen LogP contribution >= 0.6 is 0 Å². The van der Waals surface area contributed by atoms with Crippen molar-refractivity contribution < 1.29 is 41.7 Å². The molecule has 2 aliphatic rings. The van der Waals surface area contributed by atoms with Crippen molar-refractivity contribution in [2.75, 3.05) is 13.4 Å². The molecule has 0 saturated heterocycles. The number of rotatable bonds is 7. The number of hydrogen-bond donors (Lipinski definition) is 0. The highest BCUT2D eigenvalue weighted by Crippen LogP contribution is 2.40. The Morgan fingerprint density at radius 1 is 1.30 bits per heavy atom. The standard InChI is InChI=1S/C21H23F3O6/c1-4-27-19(26)17(28-10-29-20-12(3)11(2)18(25)30-20)15-8-6-13-5-7-14(9-16(13)15)21(22,23)24/h5,7,9,15,17,20H,4,6,8,10H2,1-3H3. The smallest absolute Gasteiger partial charge is 0.416 e. The van der Waals surface area contributed by atoms with E-state index in [1.54, 1.807) is 20.8 Å². The second kappa shape index (κ2) is 8.77. The molecule has 1 aliphatic carbocycles. The highest BCUT2D eigenvalue weighted by molar-refractivity contribution is 5.91.